The van der Waals surface area contributed by atoms with Gasteiger partial charge in [0.05, 0.1) is 6.04 Å². The first kappa shape index (κ1) is 85.1. The van der Waals surface area contributed by atoms with Gasteiger partial charge in [0.15, 0.2) is 17.9 Å². The van der Waals surface area contributed by atoms with Crippen LogP contribution in [-0.2, 0) is 73.6 Å². The number of benzene rings is 4. The van der Waals surface area contributed by atoms with Gasteiger partial charge in [0.1, 0.15) is 54.4 Å². The molecule has 8 rings (SSSR count). The Kier molecular flexibility index (Phi) is 31.0. The lowest BCUT2D eigenvalue weighted by atomic mass is 9.98. The number of nitrogens with two attached hydrogens (primary N) is 4. The molecular formula is C78H107N23O11. The zero-order valence-electron chi connectivity index (χ0n) is 63.8. The number of carboxylic acid groups (broad SMARTS) is 1. The van der Waals surface area contributed by atoms with E-state index in [2.05, 4.69) is 83.7 Å². The van der Waals surface area contributed by atoms with E-state index in [9.17, 15) is 33.9 Å². The zero-order chi connectivity index (χ0) is 81.3. The summed E-state index contributed by atoms with van der Waals surface area (Å²) in [6.07, 6.45) is 6.47. The molecule has 600 valence electrons. The first-order valence-corrected chi connectivity index (χ1v) is 37.6. The van der Waals surface area contributed by atoms with Crippen LogP contribution in [0.5, 0.6) is 0 Å². The van der Waals surface area contributed by atoms with Gasteiger partial charge < -0.3 is 112 Å². The Morgan fingerprint density at radius 3 is 0.955 bits per heavy atom. The number of para-hydroxylation sites is 4. The first-order valence-electron chi connectivity index (χ1n) is 37.6. The quantitative estimate of drug-likeness (QED) is 0.0147. The lowest BCUT2D eigenvalue weighted by Crippen LogP contribution is -2.61. The maximum Gasteiger partial charge on any atom is 0.326 e. The molecule has 4 heterocycles. The fraction of sp³-hybridized carbons (Fsp3) is 0.423. The normalized spacial score (nSPS) is 14.1. The molecule has 0 saturated heterocycles. The smallest absolute Gasteiger partial charge is 0.326 e. The Bertz CT molecular complexity index is 4640. The number of hydrogen-bond donors (Lipinski definition) is 24. The average molecular weight is 1540 g/mol. The Labute approximate surface area is 647 Å². The summed E-state index contributed by atoms with van der Waals surface area (Å²) in [6, 6.07) is 15.5. The maximum absolute atomic E-state index is 15.6. The minimum Gasteiger partial charge on any atom is -0.480 e. The Morgan fingerprint density at radius 1 is 0.357 bits per heavy atom. The summed E-state index contributed by atoms with van der Waals surface area (Å²) in [5.41, 5.74) is 28.9. The summed E-state index contributed by atoms with van der Waals surface area (Å²) >= 11 is 0. The van der Waals surface area contributed by atoms with E-state index in [4.69, 9.17) is 39.2 Å². The third-order valence-corrected chi connectivity index (χ3v) is 19.3. The van der Waals surface area contributed by atoms with Crippen molar-refractivity contribution in [2.24, 2.45) is 40.7 Å². The fourth-order valence-electron chi connectivity index (χ4n) is 13.4. The number of nitrogens with one attached hydrogen (secondary N) is 19. The summed E-state index contributed by atoms with van der Waals surface area (Å²) in [5, 5.41) is 69.8. The Morgan fingerprint density at radius 2 is 0.625 bits per heavy atom. The summed E-state index contributed by atoms with van der Waals surface area (Å²) in [6.45, 7) is 10.6. The number of H-pyrrole nitrogens is 4. The van der Waals surface area contributed by atoms with E-state index >= 15 is 19.2 Å². The van der Waals surface area contributed by atoms with Gasteiger partial charge in [-0.05, 0) is 116 Å². The molecule has 28 N–H and O–H groups in total. The van der Waals surface area contributed by atoms with E-state index in [1.807, 2.05) is 86.6 Å². The van der Waals surface area contributed by atoms with E-state index in [-0.39, 0.29) is 114 Å². The second-order valence-electron chi connectivity index (χ2n) is 29.2. The summed E-state index contributed by atoms with van der Waals surface area (Å²) < 4.78 is 0. The Balaban J connectivity index is 1.06. The molecule has 0 radical (unpaired) electrons. The molecule has 0 aliphatic rings. The van der Waals surface area contributed by atoms with Crippen molar-refractivity contribution in [1.82, 2.24) is 83.7 Å². The van der Waals surface area contributed by atoms with Crippen LogP contribution in [0, 0.1) is 34.0 Å². The molecule has 0 fully saturated rings. The van der Waals surface area contributed by atoms with Crippen molar-refractivity contribution in [3.8, 4) is 0 Å². The number of carboxylic acids is 1. The van der Waals surface area contributed by atoms with Gasteiger partial charge in [-0.2, -0.15) is 0 Å². The summed E-state index contributed by atoms with van der Waals surface area (Å²) in [7, 11) is 0. The molecule has 4 aromatic carbocycles. The second kappa shape index (κ2) is 40.8. The van der Waals surface area contributed by atoms with Gasteiger partial charge in [0, 0.05) is 107 Å². The van der Waals surface area contributed by atoms with Gasteiger partial charge in [-0.15, -0.1) is 0 Å². The van der Waals surface area contributed by atoms with Crippen molar-refractivity contribution in [3.63, 3.8) is 0 Å². The van der Waals surface area contributed by atoms with Crippen molar-refractivity contribution < 1.29 is 53.1 Å². The third-order valence-electron chi connectivity index (χ3n) is 19.3. The number of carbonyl (C=O) groups excluding carboxylic acids is 9. The van der Waals surface area contributed by atoms with Crippen LogP contribution in [0.2, 0.25) is 0 Å². The molecule has 34 heteroatoms. The van der Waals surface area contributed by atoms with Crippen LogP contribution in [0.1, 0.15) is 109 Å². The number of carbonyl (C=O) groups is 10. The summed E-state index contributed by atoms with van der Waals surface area (Å²) in [4.78, 5) is 159. The zero-order valence-corrected chi connectivity index (χ0v) is 63.8. The number of aromatic nitrogens is 4. The number of amides is 9. The highest BCUT2D eigenvalue weighted by molar-refractivity contribution is 6.00. The SMILES string of the molecule is CC(C)C[C@H](NC(=O)[C@H](CCCNC(=N)N)NC(=O)[C@@H](NC(=O)[C@@H](N)Cc1c[nH]c2ccccc12)C(C)C)C(=O)N[C@@H](Cc1c[nH]c2ccccc12)C(=O)N[C@@H](Cc1c[nH]c2ccccc12)C(=O)N[C@@H](CCCNC(=N)N)C(=O)N[C@@H](CCCNC(=N)N)C(=O)N[C@H](C(=O)N[C@@H](Cc1c[nH]c2ccccc12)C(=O)O)C(C)C. The van der Waals surface area contributed by atoms with Crippen molar-refractivity contribution in [2.75, 3.05) is 19.6 Å². The number of aliphatic carboxylic acids is 1. The number of hydrogen-bond acceptors (Lipinski definition) is 14. The maximum atomic E-state index is 15.6. The van der Waals surface area contributed by atoms with Crippen molar-refractivity contribution in [2.45, 2.75) is 173 Å². The molecule has 0 saturated carbocycles. The molecule has 0 aliphatic carbocycles. The van der Waals surface area contributed by atoms with E-state index in [0.29, 0.717) is 38.5 Å². The topological polar surface area (TPSA) is 574 Å². The standard InChI is InChI=1S/C78H107N23O11/c1-41(2)32-60(96-68(104)58(27-16-30-87-77(82)83)95-73(109)64(42(3)4)100-66(102)52(79)33-44-37-89-53-22-11-7-18-48(44)53)70(106)97-62(35-46-39-91-55-24-13-9-20-50(46)55)72(108)98-61(34-45-38-90-54-23-12-8-19-49(45)54)71(107)94-57(26-15-29-86-76(80)81)67(103)93-59(28-17-31-88-78(84)85)69(105)101-65(43(5)6)74(110)99-63(75(111)112)36-47-40-92-56-25-14-10-21-51(47)56/h7-14,18-25,37-43,52,57-65,89-92H,15-17,26-36,79H2,1-6H3,(H,93,103)(H,94,107)(H,95,109)(H,96,104)(H,97,106)(H,98,108)(H,99,110)(H,100,102)(H,101,105)(H,111,112)(H4,80,81,86)(H4,82,83,87)(H4,84,85,88)/t52-,57-,58-,59-,60-,61-,62-,63-,64-,65-/m0/s1. The highest BCUT2D eigenvalue weighted by Gasteiger charge is 2.38. The van der Waals surface area contributed by atoms with E-state index in [1.54, 1.807) is 76.7 Å². The molecule has 0 bridgehead atoms. The predicted octanol–water partition coefficient (Wildman–Crippen LogP) is 1.81. The van der Waals surface area contributed by atoms with Crippen LogP contribution in [0.3, 0.4) is 0 Å². The van der Waals surface area contributed by atoms with Crippen LogP contribution in [0.15, 0.2) is 122 Å². The third kappa shape index (κ3) is 24.5. The van der Waals surface area contributed by atoms with Gasteiger partial charge in [-0.1, -0.05) is 114 Å². The largest absolute Gasteiger partial charge is 0.480 e. The molecule has 0 aliphatic heterocycles. The van der Waals surface area contributed by atoms with Crippen LogP contribution in [0.25, 0.3) is 43.6 Å². The van der Waals surface area contributed by atoms with Crippen molar-refractivity contribution in [1.29, 1.82) is 16.2 Å². The van der Waals surface area contributed by atoms with Crippen molar-refractivity contribution in [3.05, 3.63) is 144 Å². The van der Waals surface area contributed by atoms with E-state index < -0.39 is 131 Å². The van der Waals surface area contributed by atoms with Crippen LogP contribution < -0.4 is 86.7 Å². The van der Waals surface area contributed by atoms with Gasteiger partial charge >= 0.3 is 5.97 Å². The minimum absolute atomic E-state index is 0.00726. The monoisotopic (exact) mass is 1540 g/mol. The predicted molar refractivity (Wildman–Crippen MR) is 428 cm³/mol. The van der Waals surface area contributed by atoms with Gasteiger partial charge in [0.25, 0.3) is 0 Å². The highest BCUT2D eigenvalue weighted by atomic mass is 16.4. The summed E-state index contributed by atoms with van der Waals surface area (Å²) in [5.74, 6) is -11.2. The van der Waals surface area contributed by atoms with Gasteiger partial charge in [0.2, 0.25) is 53.2 Å². The highest BCUT2D eigenvalue weighted by Crippen LogP contribution is 2.25. The van der Waals surface area contributed by atoms with Crippen LogP contribution in [-0.4, -0.2) is 182 Å². The molecule has 4 aromatic heterocycles. The average Bonchev–Trinajstić information content (AvgIpc) is 1.64. The number of guanidine groups is 3. The van der Waals surface area contributed by atoms with Gasteiger partial charge in [-0.3, -0.25) is 59.4 Å². The number of fused-ring (bicyclic) bond motifs is 4. The lowest BCUT2D eigenvalue weighted by Gasteiger charge is -2.29. The molecule has 34 nitrogen and oxygen atoms in total. The number of aromatic amines is 4. The molecule has 8 aromatic rings. The molecule has 0 unspecified atom stereocenters. The molecule has 9 amide bonds. The first-order chi connectivity index (χ1) is 53.4. The minimum atomic E-state index is -1.55. The molecular weight excluding hydrogens is 1440 g/mol. The number of rotatable bonds is 43. The lowest BCUT2D eigenvalue weighted by molar-refractivity contribution is -0.142. The second-order valence-corrected chi connectivity index (χ2v) is 29.2. The van der Waals surface area contributed by atoms with Crippen molar-refractivity contribution >= 4 is 121 Å². The van der Waals surface area contributed by atoms with Gasteiger partial charge in [-0.25, -0.2) is 4.79 Å². The van der Waals surface area contributed by atoms with E-state index in [0.717, 1.165) is 27.4 Å². The van der Waals surface area contributed by atoms with E-state index in [1.165, 1.54) is 0 Å². The van der Waals surface area contributed by atoms with Crippen LogP contribution in [0.4, 0.5) is 0 Å². The van der Waals surface area contributed by atoms with Crippen LogP contribution >= 0.6 is 0 Å². The Hall–Kier alpha value is -12.5. The molecule has 112 heavy (non-hydrogen) atoms. The molecule has 0 spiro atoms. The molecule has 10 atom stereocenters. The fourth-order valence-corrected chi connectivity index (χ4v) is 13.4.